The molecule has 1 aromatic heterocycles. The highest BCUT2D eigenvalue weighted by Gasteiger charge is 2.51. The number of amides is 1. The first-order valence-corrected chi connectivity index (χ1v) is 12.5. The van der Waals surface area contributed by atoms with Crippen LogP contribution in [0.4, 0.5) is 5.82 Å². The molecule has 3 aromatic rings. The van der Waals surface area contributed by atoms with Crippen molar-refractivity contribution in [1.29, 1.82) is 0 Å². The minimum absolute atomic E-state index is 0.0755. The highest BCUT2D eigenvalue weighted by molar-refractivity contribution is 5.91. The van der Waals surface area contributed by atoms with Gasteiger partial charge in [-0.1, -0.05) is 60.7 Å². The lowest BCUT2D eigenvalue weighted by atomic mass is 9.82. The van der Waals surface area contributed by atoms with Crippen LogP contribution in [-0.2, 0) is 27.0 Å². The lowest BCUT2D eigenvalue weighted by Crippen LogP contribution is -2.66. The number of fused-ring (bicyclic) bond motifs is 3. The number of esters is 1. The van der Waals surface area contributed by atoms with Gasteiger partial charge in [0.05, 0.1) is 18.8 Å². The Balaban J connectivity index is 1.33. The first-order valence-electron chi connectivity index (χ1n) is 12.5. The van der Waals surface area contributed by atoms with Gasteiger partial charge in [0.25, 0.3) is 5.91 Å². The monoisotopic (exact) mass is 489 g/mol. The molecule has 2 bridgehead atoms. The number of hydrogen-bond donors (Lipinski definition) is 2. The fourth-order valence-corrected chi connectivity index (χ4v) is 5.78. The van der Waals surface area contributed by atoms with Crippen LogP contribution >= 0.6 is 0 Å². The predicted octanol–water partition coefficient (Wildman–Crippen LogP) is 2.76. The second-order valence-corrected chi connectivity index (χ2v) is 10.2. The highest BCUT2D eigenvalue weighted by Crippen LogP contribution is 2.38. The van der Waals surface area contributed by atoms with Gasteiger partial charge in [0, 0.05) is 31.9 Å². The third kappa shape index (κ3) is 4.54. The van der Waals surface area contributed by atoms with Gasteiger partial charge in [-0.25, -0.2) is 4.79 Å². The van der Waals surface area contributed by atoms with Crippen molar-refractivity contribution in [1.82, 2.24) is 9.78 Å². The van der Waals surface area contributed by atoms with E-state index in [1.807, 2.05) is 25.1 Å². The maximum absolute atomic E-state index is 13.6. The van der Waals surface area contributed by atoms with E-state index in [-0.39, 0.29) is 17.9 Å². The van der Waals surface area contributed by atoms with Crippen LogP contribution in [0.25, 0.3) is 0 Å². The number of hydrogen-bond acceptors (Lipinski definition) is 5. The highest BCUT2D eigenvalue weighted by atomic mass is 16.6. The maximum Gasteiger partial charge on any atom is 0.348 e. The van der Waals surface area contributed by atoms with Crippen LogP contribution < -0.4 is 5.32 Å². The Morgan fingerprint density at radius 2 is 1.67 bits per heavy atom. The maximum atomic E-state index is 13.6. The standard InChI is InChI=1S/C28H32N4O4/c1-20-17-25(31(2)30-20)29-26(33)19-32-15-13-21(14-16-32)24(18-32)36-27(34)28(35,22-9-5-3-6-10-22)23-11-7-4-8-12-23/h3-12,17,21,24,35H,13-16,18-19H2,1-2H3/p+1/t21?,24-,32?/m0/s1. The smallest absolute Gasteiger partial charge is 0.348 e. The molecule has 0 aliphatic carbocycles. The van der Waals surface area contributed by atoms with Crippen molar-refractivity contribution in [2.24, 2.45) is 13.0 Å². The summed E-state index contributed by atoms with van der Waals surface area (Å²) in [5.41, 5.74) is -0.127. The molecule has 3 aliphatic rings. The van der Waals surface area contributed by atoms with Crippen molar-refractivity contribution >= 4 is 17.7 Å². The molecule has 3 saturated heterocycles. The van der Waals surface area contributed by atoms with Gasteiger partial charge in [0.1, 0.15) is 12.4 Å². The number of nitrogens with zero attached hydrogens (tertiary/aromatic N) is 3. The van der Waals surface area contributed by atoms with Gasteiger partial charge in [-0.2, -0.15) is 5.10 Å². The molecule has 1 amide bonds. The van der Waals surface area contributed by atoms with Gasteiger partial charge in [-0.15, -0.1) is 0 Å². The molecule has 188 valence electrons. The van der Waals surface area contributed by atoms with Crippen LogP contribution in [0, 0.1) is 12.8 Å². The van der Waals surface area contributed by atoms with Gasteiger partial charge < -0.3 is 19.6 Å². The minimum atomic E-state index is -1.91. The molecule has 2 aromatic carbocycles. The number of aromatic nitrogens is 2. The zero-order valence-corrected chi connectivity index (χ0v) is 20.8. The zero-order valence-electron chi connectivity index (χ0n) is 20.8. The van der Waals surface area contributed by atoms with Gasteiger partial charge in [-0.3, -0.25) is 9.48 Å². The summed E-state index contributed by atoms with van der Waals surface area (Å²) in [5, 5.41) is 19.0. The summed E-state index contributed by atoms with van der Waals surface area (Å²) < 4.78 is 8.33. The molecular formula is C28H33N4O4+. The number of piperidine rings is 3. The summed E-state index contributed by atoms with van der Waals surface area (Å²) in [6.45, 7) is 4.51. The average Bonchev–Trinajstić information content (AvgIpc) is 3.20. The zero-order chi connectivity index (χ0) is 25.3. The first-order chi connectivity index (χ1) is 17.3. The third-order valence-electron chi connectivity index (χ3n) is 7.73. The van der Waals surface area contributed by atoms with Crippen molar-refractivity contribution < 1.29 is 23.9 Å². The number of benzene rings is 2. The number of aryl methyl sites for hydroxylation is 2. The lowest BCUT2D eigenvalue weighted by molar-refractivity contribution is -0.939. The van der Waals surface area contributed by atoms with Gasteiger partial charge in [0.15, 0.2) is 12.6 Å². The van der Waals surface area contributed by atoms with E-state index in [4.69, 9.17) is 4.74 Å². The Morgan fingerprint density at radius 1 is 1.08 bits per heavy atom. The van der Waals surface area contributed by atoms with E-state index in [1.54, 1.807) is 60.3 Å². The van der Waals surface area contributed by atoms with Crippen LogP contribution in [0.5, 0.6) is 0 Å². The Hall–Kier alpha value is -3.49. The summed E-state index contributed by atoms with van der Waals surface area (Å²) in [6.07, 6.45) is 1.40. The topological polar surface area (TPSA) is 93.5 Å². The molecule has 0 unspecified atom stereocenters. The summed E-state index contributed by atoms with van der Waals surface area (Å²) in [5.74, 6) is 0.147. The van der Waals surface area contributed by atoms with E-state index in [0.717, 1.165) is 31.6 Å². The summed E-state index contributed by atoms with van der Waals surface area (Å²) in [4.78, 5) is 26.6. The van der Waals surface area contributed by atoms with Gasteiger partial charge in [-0.05, 0) is 18.1 Å². The molecule has 3 fully saturated rings. The van der Waals surface area contributed by atoms with Crippen molar-refractivity contribution in [3.8, 4) is 0 Å². The van der Waals surface area contributed by atoms with Crippen molar-refractivity contribution in [3.63, 3.8) is 0 Å². The van der Waals surface area contributed by atoms with E-state index in [1.165, 1.54) is 0 Å². The molecule has 3 aliphatic heterocycles. The predicted molar refractivity (Wildman–Crippen MR) is 135 cm³/mol. The second kappa shape index (κ2) is 9.52. The normalized spacial score (nSPS) is 23.3. The fourth-order valence-electron chi connectivity index (χ4n) is 5.78. The number of rotatable bonds is 7. The number of carbonyl (C=O) groups excluding carboxylic acids is 2. The van der Waals surface area contributed by atoms with Gasteiger partial charge >= 0.3 is 5.97 Å². The van der Waals surface area contributed by atoms with E-state index < -0.39 is 11.6 Å². The summed E-state index contributed by atoms with van der Waals surface area (Å²) in [7, 11) is 1.80. The van der Waals surface area contributed by atoms with Crippen molar-refractivity contribution in [2.45, 2.75) is 31.5 Å². The lowest BCUT2D eigenvalue weighted by Gasteiger charge is -2.51. The van der Waals surface area contributed by atoms with Crippen LogP contribution in [0.1, 0.15) is 29.7 Å². The molecule has 36 heavy (non-hydrogen) atoms. The largest absolute Gasteiger partial charge is 0.453 e. The molecule has 4 heterocycles. The molecule has 8 heteroatoms. The molecule has 0 saturated carbocycles. The molecule has 6 rings (SSSR count). The number of anilines is 1. The Kier molecular flexibility index (Phi) is 6.40. The van der Waals surface area contributed by atoms with E-state index in [2.05, 4.69) is 10.4 Å². The minimum Gasteiger partial charge on any atom is -0.453 e. The molecule has 0 radical (unpaired) electrons. The second-order valence-electron chi connectivity index (χ2n) is 10.2. The molecular weight excluding hydrogens is 456 g/mol. The SMILES string of the molecule is Cc1cc(NC(=O)C[N+]23CCC(CC2)[C@@H](OC(=O)C(O)(c2ccccc2)c2ccccc2)C3)n(C)n1. The van der Waals surface area contributed by atoms with Crippen LogP contribution in [0.15, 0.2) is 66.7 Å². The Bertz CT molecular complexity index is 1190. The summed E-state index contributed by atoms with van der Waals surface area (Å²) >= 11 is 0. The molecule has 2 N–H and O–H groups in total. The van der Waals surface area contributed by atoms with Crippen LogP contribution in [0.2, 0.25) is 0 Å². The van der Waals surface area contributed by atoms with E-state index >= 15 is 0 Å². The number of ether oxygens (including phenoxy) is 1. The van der Waals surface area contributed by atoms with Crippen molar-refractivity contribution in [2.75, 3.05) is 31.5 Å². The molecule has 8 nitrogen and oxygen atoms in total. The van der Waals surface area contributed by atoms with Crippen LogP contribution in [0.3, 0.4) is 0 Å². The first kappa shape index (κ1) is 24.2. The molecule has 1 atom stereocenters. The Morgan fingerprint density at radius 3 is 2.19 bits per heavy atom. The van der Waals surface area contributed by atoms with E-state index in [9.17, 15) is 14.7 Å². The Labute approximate surface area is 211 Å². The molecule has 0 spiro atoms. The third-order valence-corrected chi connectivity index (χ3v) is 7.73. The summed E-state index contributed by atoms with van der Waals surface area (Å²) in [6, 6.07) is 19.7. The average molecular weight is 490 g/mol. The number of carbonyl (C=O) groups is 2. The fraction of sp³-hybridized carbons (Fsp3) is 0.393. The number of quaternary nitrogens is 1. The number of nitrogens with one attached hydrogen (secondary N) is 1. The van der Waals surface area contributed by atoms with Gasteiger partial charge in [0.2, 0.25) is 5.60 Å². The van der Waals surface area contributed by atoms with Crippen LogP contribution in [-0.4, -0.2) is 63.5 Å². The quantitative estimate of drug-likeness (QED) is 0.393. The number of aliphatic hydroxyl groups is 1. The van der Waals surface area contributed by atoms with E-state index in [0.29, 0.717) is 34.5 Å². The van der Waals surface area contributed by atoms with Crippen molar-refractivity contribution in [3.05, 3.63) is 83.6 Å².